The first-order chi connectivity index (χ1) is 19.9. The Morgan fingerprint density at radius 2 is 1.79 bits per heavy atom. The third kappa shape index (κ3) is 8.46. The fourth-order valence-electron chi connectivity index (χ4n) is 5.45. The van der Waals surface area contributed by atoms with Gasteiger partial charge in [-0.25, -0.2) is 17.6 Å². The third-order valence-electron chi connectivity index (χ3n) is 8.41. The molecule has 0 bridgehead atoms. The maximum atomic E-state index is 14.0. The van der Waals surface area contributed by atoms with Crippen molar-refractivity contribution < 1.29 is 41.8 Å². The molecule has 0 spiro atoms. The minimum Gasteiger partial charge on any atom is -0.444 e. The van der Waals surface area contributed by atoms with Crippen LogP contribution < -0.4 is 15.4 Å². The van der Waals surface area contributed by atoms with E-state index in [1.165, 1.54) is 4.90 Å². The first-order valence-corrected chi connectivity index (χ1v) is 16.4. The minimum atomic E-state index is -4.28. The number of rotatable bonds is 14. The zero-order chi connectivity index (χ0) is 32.4. The molecule has 3 rings (SSSR count). The number of nitrogens with zero attached hydrogens (tertiary/aromatic N) is 1. The van der Waals surface area contributed by atoms with Crippen LogP contribution in [0, 0.1) is 11.8 Å². The average Bonchev–Trinajstić information content (AvgIpc) is 3.82. The smallest absolute Gasteiger partial charge is 0.408 e. The van der Waals surface area contributed by atoms with Gasteiger partial charge < -0.3 is 25.4 Å². The Hall–Kier alpha value is -2.74. The Labute approximate surface area is 253 Å². The van der Waals surface area contributed by atoms with Crippen molar-refractivity contribution in [3.8, 4) is 0 Å². The standard InChI is InChI=1S/C29H47FN4O8S/c1-7-8-9-18(2)14-19(3)22(31-26(39)42-27(4,5)6)24(37)34-16-20(35)15-21(34)23(36)32-29(12-13-29)25(38)33-43(40,41)28(17-30)10-11-28/h7,18-22,35H,1,8-17H2,2-6H3,(H,31,39)(H,32,36)(H,33,38)/t18?,19-,20-,21+,22?/m1/s1. The molecule has 2 saturated carbocycles. The largest absolute Gasteiger partial charge is 0.444 e. The van der Waals surface area contributed by atoms with Crippen LogP contribution in [0.15, 0.2) is 12.7 Å². The van der Waals surface area contributed by atoms with Crippen LogP contribution in [0.5, 0.6) is 0 Å². The predicted octanol–water partition coefficient (Wildman–Crippen LogP) is 2.07. The molecule has 0 aromatic rings. The van der Waals surface area contributed by atoms with Crippen LogP contribution in [-0.4, -0.2) is 89.5 Å². The molecule has 43 heavy (non-hydrogen) atoms. The second kappa shape index (κ2) is 13.1. The number of amides is 4. The van der Waals surface area contributed by atoms with Gasteiger partial charge in [-0.3, -0.25) is 19.1 Å². The molecule has 1 heterocycles. The molecule has 3 aliphatic rings. The molecule has 1 saturated heterocycles. The summed E-state index contributed by atoms with van der Waals surface area (Å²) >= 11 is 0. The van der Waals surface area contributed by atoms with Crippen LogP contribution in [-0.2, 0) is 29.1 Å². The summed E-state index contributed by atoms with van der Waals surface area (Å²) in [5.41, 5.74) is -2.33. The Kier molecular flexibility index (Phi) is 10.6. The Balaban J connectivity index is 1.76. The van der Waals surface area contributed by atoms with Gasteiger partial charge in [0.1, 0.15) is 34.6 Å². The van der Waals surface area contributed by atoms with Crippen molar-refractivity contribution >= 4 is 33.8 Å². The molecular weight excluding hydrogens is 583 g/mol. The normalized spacial score (nSPS) is 24.2. The van der Waals surface area contributed by atoms with E-state index in [4.69, 9.17) is 4.74 Å². The van der Waals surface area contributed by atoms with Gasteiger partial charge in [-0.05, 0) is 77.6 Å². The topological polar surface area (TPSA) is 171 Å². The third-order valence-corrected chi connectivity index (χ3v) is 10.5. The van der Waals surface area contributed by atoms with Gasteiger partial charge in [-0.2, -0.15) is 0 Å². The molecule has 14 heteroatoms. The number of allylic oxidation sites excluding steroid dienone is 1. The lowest BCUT2D eigenvalue weighted by atomic mass is 9.88. The molecule has 2 aliphatic carbocycles. The molecule has 0 aromatic carbocycles. The molecule has 244 valence electrons. The monoisotopic (exact) mass is 630 g/mol. The van der Waals surface area contributed by atoms with E-state index in [9.17, 15) is 37.1 Å². The first kappa shape index (κ1) is 34.7. The lowest BCUT2D eigenvalue weighted by molar-refractivity contribution is -0.142. The number of aliphatic hydroxyl groups excluding tert-OH is 1. The molecule has 1 aliphatic heterocycles. The second-order valence-electron chi connectivity index (χ2n) is 13.5. The molecule has 2 unspecified atom stereocenters. The predicted molar refractivity (Wildman–Crippen MR) is 157 cm³/mol. The molecule has 12 nitrogen and oxygen atoms in total. The van der Waals surface area contributed by atoms with Gasteiger partial charge in [0.25, 0.3) is 5.91 Å². The number of nitrogens with one attached hydrogen (secondary N) is 3. The van der Waals surface area contributed by atoms with E-state index < -0.39 is 74.6 Å². The van der Waals surface area contributed by atoms with Crippen molar-refractivity contribution in [2.24, 2.45) is 11.8 Å². The number of sulfonamides is 1. The lowest BCUT2D eigenvalue weighted by Crippen LogP contribution is -2.59. The van der Waals surface area contributed by atoms with Crippen LogP contribution in [0.4, 0.5) is 9.18 Å². The number of alkyl carbamates (subject to hydrolysis) is 1. The second-order valence-corrected chi connectivity index (χ2v) is 15.6. The fourth-order valence-corrected chi connectivity index (χ4v) is 6.89. The average molecular weight is 631 g/mol. The zero-order valence-electron chi connectivity index (χ0n) is 25.8. The van der Waals surface area contributed by atoms with E-state index in [0.29, 0.717) is 6.42 Å². The van der Waals surface area contributed by atoms with Crippen LogP contribution in [0.25, 0.3) is 0 Å². The number of aliphatic hydroxyl groups is 1. The Bertz CT molecular complexity index is 1200. The highest BCUT2D eigenvalue weighted by Gasteiger charge is 2.59. The van der Waals surface area contributed by atoms with Gasteiger partial charge in [0.15, 0.2) is 0 Å². The molecule has 0 aromatic heterocycles. The number of β-amino-alcohol motifs (C(OH)–C–C–N with tert-alkyl or cyclic N) is 1. The van der Waals surface area contributed by atoms with Crippen molar-refractivity contribution in [1.29, 1.82) is 0 Å². The molecular formula is C29H47FN4O8S. The van der Waals surface area contributed by atoms with E-state index in [2.05, 4.69) is 17.2 Å². The van der Waals surface area contributed by atoms with E-state index in [1.54, 1.807) is 20.8 Å². The number of hydrogen-bond donors (Lipinski definition) is 4. The maximum absolute atomic E-state index is 14.0. The van der Waals surface area contributed by atoms with Gasteiger partial charge >= 0.3 is 6.09 Å². The summed E-state index contributed by atoms with van der Waals surface area (Å²) in [7, 11) is -4.28. The molecule has 4 N–H and O–H groups in total. The van der Waals surface area contributed by atoms with E-state index in [1.807, 2.05) is 24.6 Å². The fraction of sp³-hybridized carbons (Fsp3) is 0.793. The summed E-state index contributed by atoms with van der Waals surface area (Å²) in [4.78, 5) is 54.3. The van der Waals surface area contributed by atoms with Crippen molar-refractivity contribution in [2.75, 3.05) is 13.2 Å². The number of hydrogen-bond acceptors (Lipinski definition) is 8. The van der Waals surface area contributed by atoms with Crippen molar-refractivity contribution in [2.45, 2.75) is 120 Å². The van der Waals surface area contributed by atoms with E-state index in [-0.39, 0.29) is 50.5 Å². The molecule has 0 radical (unpaired) electrons. The van der Waals surface area contributed by atoms with E-state index >= 15 is 0 Å². The number of carbonyl (C=O) groups is 4. The van der Waals surface area contributed by atoms with Crippen LogP contribution in [0.2, 0.25) is 0 Å². The van der Waals surface area contributed by atoms with Crippen molar-refractivity contribution in [3.63, 3.8) is 0 Å². The number of carbonyl (C=O) groups excluding carboxylic acids is 4. The number of halogens is 1. The Morgan fingerprint density at radius 1 is 1.16 bits per heavy atom. The molecule has 5 atom stereocenters. The van der Waals surface area contributed by atoms with Gasteiger partial charge in [0.2, 0.25) is 21.8 Å². The number of alkyl halides is 1. The van der Waals surface area contributed by atoms with Gasteiger partial charge in [-0.15, -0.1) is 6.58 Å². The van der Waals surface area contributed by atoms with Crippen LogP contribution in [0.1, 0.15) is 86.0 Å². The summed E-state index contributed by atoms with van der Waals surface area (Å²) in [6.07, 6.45) is 2.60. The highest BCUT2D eigenvalue weighted by Crippen LogP contribution is 2.44. The highest BCUT2D eigenvalue weighted by atomic mass is 32.2. The van der Waals surface area contributed by atoms with Gasteiger partial charge in [-0.1, -0.05) is 19.9 Å². The summed E-state index contributed by atoms with van der Waals surface area (Å²) in [5, 5.41) is 15.7. The molecule has 3 fully saturated rings. The summed E-state index contributed by atoms with van der Waals surface area (Å²) in [6, 6.07) is -2.24. The zero-order valence-corrected chi connectivity index (χ0v) is 26.6. The SMILES string of the molecule is C=CCCC(C)C[C@@H](C)C(NC(=O)OC(C)(C)C)C(=O)N1C[C@H](O)C[C@H]1C(=O)NC1(C(=O)NS(=O)(=O)C2(CF)CC2)CC1. The maximum Gasteiger partial charge on any atom is 0.408 e. The van der Waals surface area contributed by atoms with Crippen molar-refractivity contribution in [1.82, 2.24) is 20.3 Å². The molecule has 4 amide bonds. The van der Waals surface area contributed by atoms with E-state index in [0.717, 1.165) is 12.8 Å². The van der Waals surface area contributed by atoms with Crippen molar-refractivity contribution in [3.05, 3.63) is 12.7 Å². The summed E-state index contributed by atoms with van der Waals surface area (Å²) in [6.45, 7) is 11.4. The highest BCUT2D eigenvalue weighted by molar-refractivity contribution is 7.91. The lowest BCUT2D eigenvalue weighted by Gasteiger charge is -2.33. The number of ether oxygens (including phenoxy) is 1. The summed E-state index contributed by atoms with van der Waals surface area (Å²) in [5.74, 6) is -2.43. The van der Waals surface area contributed by atoms with Gasteiger partial charge in [0.05, 0.1) is 6.10 Å². The van der Waals surface area contributed by atoms with Gasteiger partial charge in [0, 0.05) is 13.0 Å². The Morgan fingerprint density at radius 3 is 2.30 bits per heavy atom. The first-order valence-electron chi connectivity index (χ1n) is 14.9. The minimum absolute atomic E-state index is 0.104. The van der Waals surface area contributed by atoms with Crippen LogP contribution >= 0.6 is 0 Å². The number of likely N-dealkylation sites (tertiary alicyclic amines) is 1. The summed E-state index contributed by atoms with van der Waals surface area (Å²) < 4.78 is 44.3. The quantitative estimate of drug-likeness (QED) is 0.211. The van der Waals surface area contributed by atoms with Crippen LogP contribution in [0.3, 0.4) is 0 Å².